The summed E-state index contributed by atoms with van der Waals surface area (Å²) in [5.41, 5.74) is 8.83. The fourth-order valence-electron chi connectivity index (χ4n) is 3.07. The number of methoxy groups -OCH3 is 1. The number of carbonyl (C=O) groups is 2. The van der Waals surface area contributed by atoms with Gasteiger partial charge in [0.1, 0.15) is 29.7 Å². The van der Waals surface area contributed by atoms with Crippen LogP contribution in [-0.4, -0.2) is 36.8 Å². The number of hydrogen-bond acceptors (Lipinski definition) is 7. The number of cyclic esters (lactones) is 1. The summed E-state index contributed by atoms with van der Waals surface area (Å²) in [6.45, 7) is 5.81. The Balaban J connectivity index is 2.27. The zero-order chi connectivity index (χ0) is 19.4. The van der Waals surface area contributed by atoms with Crippen molar-refractivity contribution >= 4 is 11.9 Å². The summed E-state index contributed by atoms with van der Waals surface area (Å²) < 4.78 is 15.4. The van der Waals surface area contributed by atoms with E-state index in [0.717, 1.165) is 11.1 Å². The zero-order valence-corrected chi connectivity index (χ0v) is 15.5. The van der Waals surface area contributed by atoms with Gasteiger partial charge in [0.2, 0.25) is 0 Å². The maximum absolute atomic E-state index is 11.9. The van der Waals surface area contributed by atoms with E-state index in [1.54, 1.807) is 6.92 Å². The van der Waals surface area contributed by atoms with E-state index in [1.165, 1.54) is 7.11 Å². The van der Waals surface area contributed by atoms with Gasteiger partial charge in [-0.25, -0.2) is 4.79 Å². The van der Waals surface area contributed by atoms with Crippen LogP contribution < -0.4 is 10.5 Å². The van der Waals surface area contributed by atoms with Crippen LogP contribution in [0.5, 0.6) is 11.5 Å². The second-order valence-electron chi connectivity index (χ2n) is 6.23. The highest BCUT2D eigenvalue weighted by Crippen LogP contribution is 2.42. The largest absolute Gasteiger partial charge is 0.507 e. The fraction of sp³-hybridized carbons (Fsp3) is 0.474. The van der Waals surface area contributed by atoms with E-state index in [9.17, 15) is 14.7 Å². The summed E-state index contributed by atoms with van der Waals surface area (Å²) in [5, 5.41) is 10.6. The number of ether oxygens (including phenoxy) is 3. The number of rotatable bonds is 7. The highest BCUT2D eigenvalue weighted by atomic mass is 16.5. The van der Waals surface area contributed by atoms with Gasteiger partial charge in [-0.15, -0.1) is 0 Å². The van der Waals surface area contributed by atoms with Crippen molar-refractivity contribution in [3.63, 3.8) is 0 Å². The topological polar surface area (TPSA) is 108 Å². The quantitative estimate of drug-likeness (QED) is 0.564. The van der Waals surface area contributed by atoms with Crippen LogP contribution in [0.1, 0.15) is 47.3 Å². The second-order valence-corrected chi connectivity index (χ2v) is 6.23. The number of allylic oxidation sites excluding steroid dienone is 1. The SMILES string of the molecule is CCOC(=O)C(N)C/C(C)=C/Cc1c(O)c2c(c(C)c1OC)COC2=O. The van der Waals surface area contributed by atoms with Gasteiger partial charge >= 0.3 is 11.9 Å². The van der Waals surface area contributed by atoms with Crippen molar-refractivity contribution in [1.29, 1.82) is 0 Å². The Morgan fingerprint density at radius 2 is 2.15 bits per heavy atom. The number of fused-ring (bicyclic) bond motifs is 1. The molecule has 0 saturated carbocycles. The number of nitrogens with two attached hydrogens (primary N) is 1. The molecule has 7 heteroatoms. The van der Waals surface area contributed by atoms with E-state index in [2.05, 4.69) is 0 Å². The van der Waals surface area contributed by atoms with E-state index in [0.29, 0.717) is 29.7 Å². The molecule has 0 fully saturated rings. The Hall–Kier alpha value is -2.54. The molecular weight excluding hydrogens is 338 g/mol. The molecular formula is C19H25NO6. The summed E-state index contributed by atoms with van der Waals surface area (Å²) in [4.78, 5) is 23.5. The molecule has 0 amide bonds. The Bertz CT molecular complexity index is 753. The normalized spacial score (nSPS) is 14.7. The van der Waals surface area contributed by atoms with E-state index in [1.807, 2.05) is 19.9 Å². The molecule has 2 rings (SSSR count). The van der Waals surface area contributed by atoms with Crippen LogP contribution in [0.25, 0.3) is 0 Å². The Labute approximate surface area is 152 Å². The van der Waals surface area contributed by atoms with Crippen LogP contribution in [0.15, 0.2) is 11.6 Å². The van der Waals surface area contributed by atoms with Crippen molar-refractivity contribution in [2.75, 3.05) is 13.7 Å². The third-order valence-corrected chi connectivity index (χ3v) is 4.43. The van der Waals surface area contributed by atoms with E-state index < -0.39 is 18.0 Å². The first-order valence-electron chi connectivity index (χ1n) is 8.47. The lowest BCUT2D eigenvalue weighted by Crippen LogP contribution is -2.32. The van der Waals surface area contributed by atoms with Gasteiger partial charge in [-0.2, -0.15) is 0 Å². The maximum atomic E-state index is 11.9. The molecule has 1 unspecified atom stereocenters. The first-order chi connectivity index (χ1) is 12.3. The van der Waals surface area contributed by atoms with E-state index in [-0.39, 0.29) is 24.5 Å². The molecule has 0 saturated heterocycles. The molecule has 0 radical (unpaired) electrons. The van der Waals surface area contributed by atoms with Crippen LogP contribution in [-0.2, 0) is 27.3 Å². The molecule has 1 aromatic rings. The lowest BCUT2D eigenvalue weighted by atomic mass is 9.94. The number of phenolic OH excluding ortho intramolecular Hbond substituents is 1. The lowest BCUT2D eigenvalue weighted by molar-refractivity contribution is -0.144. The molecule has 142 valence electrons. The monoisotopic (exact) mass is 363 g/mol. The number of benzene rings is 1. The average molecular weight is 363 g/mol. The molecule has 0 aliphatic carbocycles. The summed E-state index contributed by atoms with van der Waals surface area (Å²) in [5.74, 6) is -0.576. The molecule has 1 aromatic carbocycles. The van der Waals surface area contributed by atoms with Gasteiger partial charge in [0.15, 0.2) is 0 Å². The van der Waals surface area contributed by atoms with Crippen LogP contribution in [0, 0.1) is 6.92 Å². The molecule has 7 nitrogen and oxygen atoms in total. The number of phenols is 1. The van der Waals surface area contributed by atoms with Crippen molar-refractivity contribution in [3.8, 4) is 11.5 Å². The highest BCUT2D eigenvalue weighted by molar-refractivity contribution is 5.98. The van der Waals surface area contributed by atoms with E-state index in [4.69, 9.17) is 19.9 Å². The number of aromatic hydroxyl groups is 1. The number of carbonyl (C=O) groups excluding carboxylic acids is 2. The zero-order valence-electron chi connectivity index (χ0n) is 15.5. The van der Waals surface area contributed by atoms with Crippen molar-refractivity contribution in [2.45, 2.75) is 46.3 Å². The fourth-order valence-corrected chi connectivity index (χ4v) is 3.07. The minimum absolute atomic E-state index is 0.122. The Morgan fingerprint density at radius 3 is 2.77 bits per heavy atom. The summed E-state index contributed by atoms with van der Waals surface area (Å²) in [6.07, 6.45) is 2.52. The van der Waals surface area contributed by atoms with Crippen molar-refractivity contribution in [2.24, 2.45) is 5.73 Å². The smallest absolute Gasteiger partial charge is 0.342 e. The second kappa shape index (κ2) is 8.23. The summed E-state index contributed by atoms with van der Waals surface area (Å²) >= 11 is 0. The molecule has 26 heavy (non-hydrogen) atoms. The van der Waals surface area contributed by atoms with Gasteiger partial charge in [-0.3, -0.25) is 4.79 Å². The summed E-state index contributed by atoms with van der Waals surface area (Å²) in [6, 6.07) is -0.738. The van der Waals surface area contributed by atoms with Crippen LogP contribution >= 0.6 is 0 Å². The Kier molecular flexibility index (Phi) is 6.26. The molecule has 0 bridgehead atoms. The minimum atomic E-state index is -0.738. The predicted molar refractivity (Wildman–Crippen MR) is 95.2 cm³/mol. The molecule has 1 atom stereocenters. The number of esters is 2. The van der Waals surface area contributed by atoms with Gasteiger partial charge < -0.3 is 25.1 Å². The highest BCUT2D eigenvalue weighted by Gasteiger charge is 2.31. The van der Waals surface area contributed by atoms with Crippen LogP contribution in [0.4, 0.5) is 0 Å². The first-order valence-corrected chi connectivity index (χ1v) is 8.47. The number of hydrogen-bond donors (Lipinski definition) is 2. The standard InChI is InChI=1S/C19H25NO6/c1-5-25-18(22)14(20)8-10(2)6-7-12-16(21)15-13(9-26-19(15)23)11(3)17(12)24-4/h6,14,21H,5,7-9,20H2,1-4H3/b10-6+. The Morgan fingerprint density at radius 1 is 1.46 bits per heavy atom. The molecule has 3 N–H and O–H groups in total. The van der Waals surface area contributed by atoms with Gasteiger partial charge in [0.05, 0.1) is 13.7 Å². The molecule has 1 aliphatic rings. The first kappa shape index (κ1) is 19.8. The van der Waals surface area contributed by atoms with Crippen LogP contribution in [0.3, 0.4) is 0 Å². The minimum Gasteiger partial charge on any atom is -0.507 e. The maximum Gasteiger partial charge on any atom is 0.342 e. The van der Waals surface area contributed by atoms with E-state index >= 15 is 0 Å². The average Bonchev–Trinajstić information content (AvgIpc) is 2.99. The molecule has 1 heterocycles. The molecule has 0 spiro atoms. The van der Waals surface area contributed by atoms with Crippen molar-refractivity contribution in [1.82, 2.24) is 0 Å². The molecule has 0 aromatic heterocycles. The van der Waals surface area contributed by atoms with Gasteiger partial charge in [-0.05, 0) is 39.2 Å². The molecule has 1 aliphatic heterocycles. The third-order valence-electron chi connectivity index (χ3n) is 4.43. The van der Waals surface area contributed by atoms with Gasteiger partial charge in [0, 0.05) is 11.1 Å². The third kappa shape index (κ3) is 3.83. The summed E-state index contributed by atoms with van der Waals surface area (Å²) in [7, 11) is 1.52. The van der Waals surface area contributed by atoms with Gasteiger partial charge in [-0.1, -0.05) is 11.6 Å². The van der Waals surface area contributed by atoms with Crippen LogP contribution in [0.2, 0.25) is 0 Å². The van der Waals surface area contributed by atoms with Crippen molar-refractivity contribution < 1.29 is 28.9 Å². The van der Waals surface area contributed by atoms with Gasteiger partial charge in [0.25, 0.3) is 0 Å². The predicted octanol–water partition coefficient (Wildman–Crippen LogP) is 2.15. The van der Waals surface area contributed by atoms with Crippen molar-refractivity contribution in [3.05, 3.63) is 33.9 Å². The lowest BCUT2D eigenvalue weighted by Gasteiger charge is -2.16.